The van der Waals surface area contributed by atoms with Crippen molar-refractivity contribution in [3.8, 4) is 0 Å². The van der Waals surface area contributed by atoms with E-state index in [0.717, 1.165) is 18.4 Å². The van der Waals surface area contributed by atoms with Crippen molar-refractivity contribution in [1.29, 1.82) is 0 Å². The highest BCUT2D eigenvalue weighted by Gasteiger charge is 2.01. The van der Waals surface area contributed by atoms with Crippen LogP contribution in [0.4, 0.5) is 0 Å². The molecule has 32 heavy (non-hydrogen) atoms. The molecule has 0 aliphatic heterocycles. The summed E-state index contributed by atoms with van der Waals surface area (Å²) in [5, 5.41) is 0. The third-order valence-electron chi connectivity index (χ3n) is 4.23. The lowest BCUT2D eigenvalue weighted by Gasteiger charge is -2.04. The second kappa shape index (κ2) is 24.6. The van der Waals surface area contributed by atoms with Gasteiger partial charge in [0.15, 0.2) is 0 Å². The smallest absolute Gasteiger partial charge is 0.333 e. The Morgan fingerprint density at radius 2 is 1.50 bits per heavy atom. The summed E-state index contributed by atoms with van der Waals surface area (Å²) in [6.45, 7) is 16.1. The summed E-state index contributed by atoms with van der Waals surface area (Å²) < 4.78 is 9.20. The second-order valence-electron chi connectivity index (χ2n) is 7.33. The SMILES string of the molecule is C=C(C)C(=O)OCCCCCCCCCCCC.C=COC(C)=O.C=Cc1ccccn1. The number of hydrogen-bond acceptors (Lipinski definition) is 5. The van der Waals surface area contributed by atoms with Crippen molar-refractivity contribution in [1.82, 2.24) is 4.98 Å². The van der Waals surface area contributed by atoms with Crippen LogP contribution in [-0.4, -0.2) is 23.5 Å². The van der Waals surface area contributed by atoms with Gasteiger partial charge in [-0.25, -0.2) is 4.79 Å². The van der Waals surface area contributed by atoms with E-state index in [0.29, 0.717) is 12.2 Å². The van der Waals surface area contributed by atoms with E-state index < -0.39 is 0 Å². The van der Waals surface area contributed by atoms with Crippen LogP contribution >= 0.6 is 0 Å². The number of nitrogens with zero attached hydrogens (tertiary/aromatic N) is 1. The van der Waals surface area contributed by atoms with E-state index in [4.69, 9.17) is 4.74 Å². The Hall–Kier alpha value is -2.69. The zero-order valence-electron chi connectivity index (χ0n) is 20.4. The van der Waals surface area contributed by atoms with Crippen molar-refractivity contribution in [3.63, 3.8) is 0 Å². The average molecular weight is 446 g/mol. The highest BCUT2D eigenvalue weighted by molar-refractivity contribution is 5.86. The minimum atomic E-state index is -0.329. The number of aromatic nitrogens is 1. The Balaban J connectivity index is 0. The number of unbranched alkanes of at least 4 members (excludes halogenated alkanes) is 9. The van der Waals surface area contributed by atoms with Crippen LogP contribution in [0.5, 0.6) is 0 Å². The molecule has 180 valence electrons. The van der Waals surface area contributed by atoms with E-state index in [1.54, 1.807) is 19.2 Å². The lowest BCUT2D eigenvalue weighted by atomic mass is 10.1. The number of hydrogen-bond donors (Lipinski definition) is 0. The Bertz CT molecular complexity index is 626. The molecule has 1 aromatic heterocycles. The molecule has 0 atom stereocenters. The molecule has 1 heterocycles. The number of esters is 2. The van der Waals surface area contributed by atoms with Crippen LogP contribution in [-0.2, 0) is 19.1 Å². The summed E-state index contributed by atoms with van der Waals surface area (Å²) in [5.41, 5.74) is 1.41. The first kappa shape index (κ1) is 31.5. The Kier molecular flexibility index (Phi) is 24.2. The normalized spacial score (nSPS) is 9.22. The maximum Gasteiger partial charge on any atom is 0.333 e. The average Bonchev–Trinajstić information content (AvgIpc) is 2.78. The maximum absolute atomic E-state index is 11.1. The minimum Gasteiger partial charge on any atom is -0.462 e. The summed E-state index contributed by atoms with van der Waals surface area (Å²) >= 11 is 0. The molecule has 0 radical (unpaired) electrons. The third kappa shape index (κ3) is 25.3. The Morgan fingerprint density at radius 3 is 1.84 bits per heavy atom. The zero-order chi connectivity index (χ0) is 24.5. The molecule has 5 nitrogen and oxygen atoms in total. The van der Waals surface area contributed by atoms with Crippen LogP contribution < -0.4 is 0 Å². The molecule has 1 rings (SSSR count). The van der Waals surface area contributed by atoms with Gasteiger partial charge in [0.2, 0.25) is 0 Å². The summed E-state index contributed by atoms with van der Waals surface area (Å²) in [6, 6.07) is 5.73. The van der Waals surface area contributed by atoms with Crippen LogP contribution in [0.15, 0.2) is 56.0 Å². The summed E-state index contributed by atoms with van der Waals surface area (Å²) in [6.07, 6.45) is 17.5. The summed E-state index contributed by atoms with van der Waals surface area (Å²) in [7, 11) is 0. The Labute approximate surface area is 195 Å². The van der Waals surface area contributed by atoms with Gasteiger partial charge in [-0.1, -0.05) is 90.5 Å². The van der Waals surface area contributed by atoms with Gasteiger partial charge < -0.3 is 9.47 Å². The van der Waals surface area contributed by atoms with E-state index in [2.05, 4.69) is 36.4 Å². The standard InChI is InChI=1S/C16H30O2.C7H7N.C4H6O2/c1-4-5-6-7-8-9-10-11-12-13-14-18-16(17)15(2)3;1-2-7-5-3-4-6-8-7;1-3-6-4(2)5/h2,4-14H2,1,3H3;2-6H,1H2;3H,1H2,2H3. The minimum absolute atomic E-state index is 0.258. The second-order valence-corrected chi connectivity index (χ2v) is 7.33. The van der Waals surface area contributed by atoms with Crippen LogP contribution in [0.1, 0.15) is 90.7 Å². The fourth-order valence-corrected chi connectivity index (χ4v) is 2.49. The highest BCUT2D eigenvalue weighted by atomic mass is 16.5. The Morgan fingerprint density at radius 1 is 0.938 bits per heavy atom. The van der Waals surface area contributed by atoms with Crippen molar-refractivity contribution in [2.45, 2.75) is 85.0 Å². The van der Waals surface area contributed by atoms with Gasteiger partial charge in [0.25, 0.3) is 0 Å². The molecule has 0 bridgehead atoms. The predicted octanol–water partition coefficient (Wildman–Crippen LogP) is 7.44. The summed E-state index contributed by atoms with van der Waals surface area (Å²) in [5.74, 6) is -0.587. The first-order valence-electron chi connectivity index (χ1n) is 11.5. The predicted molar refractivity (Wildman–Crippen MR) is 134 cm³/mol. The maximum atomic E-state index is 11.1. The van der Waals surface area contributed by atoms with E-state index in [1.165, 1.54) is 64.7 Å². The van der Waals surface area contributed by atoms with E-state index >= 15 is 0 Å². The molecule has 0 aromatic carbocycles. The van der Waals surface area contributed by atoms with E-state index in [9.17, 15) is 9.59 Å². The van der Waals surface area contributed by atoms with Gasteiger partial charge in [-0.3, -0.25) is 9.78 Å². The monoisotopic (exact) mass is 445 g/mol. The number of carbonyl (C=O) groups excluding carboxylic acids is 2. The first-order chi connectivity index (χ1) is 15.4. The van der Waals surface area contributed by atoms with Crippen molar-refractivity contribution in [2.24, 2.45) is 0 Å². The molecule has 0 amide bonds. The van der Waals surface area contributed by atoms with Crippen molar-refractivity contribution < 1.29 is 19.1 Å². The topological polar surface area (TPSA) is 65.5 Å². The van der Waals surface area contributed by atoms with Gasteiger partial charge in [-0.15, -0.1) is 0 Å². The van der Waals surface area contributed by atoms with Crippen LogP contribution in [0.3, 0.4) is 0 Å². The molecular weight excluding hydrogens is 402 g/mol. The van der Waals surface area contributed by atoms with Gasteiger partial charge in [0.1, 0.15) is 0 Å². The molecule has 0 N–H and O–H groups in total. The van der Waals surface area contributed by atoms with Gasteiger partial charge in [0, 0.05) is 18.7 Å². The number of pyridine rings is 1. The lowest BCUT2D eigenvalue weighted by molar-refractivity contribution is -0.139. The quantitative estimate of drug-likeness (QED) is 0.129. The molecule has 1 aromatic rings. The van der Waals surface area contributed by atoms with E-state index in [1.807, 2.05) is 18.2 Å². The van der Waals surface area contributed by atoms with E-state index in [-0.39, 0.29) is 11.9 Å². The molecule has 0 aliphatic carbocycles. The fraction of sp³-hybridized carbons (Fsp3) is 0.519. The molecule has 0 spiro atoms. The zero-order valence-corrected chi connectivity index (χ0v) is 20.4. The molecule has 0 fully saturated rings. The number of rotatable bonds is 14. The first-order valence-corrected chi connectivity index (χ1v) is 11.5. The van der Waals surface area contributed by atoms with Gasteiger partial charge >= 0.3 is 11.9 Å². The lowest BCUT2D eigenvalue weighted by Crippen LogP contribution is -2.05. The molecule has 0 unspecified atom stereocenters. The van der Waals surface area contributed by atoms with Crippen LogP contribution in [0, 0.1) is 0 Å². The fourth-order valence-electron chi connectivity index (χ4n) is 2.49. The highest BCUT2D eigenvalue weighted by Crippen LogP contribution is 2.10. The summed E-state index contributed by atoms with van der Waals surface area (Å²) in [4.78, 5) is 24.8. The van der Waals surface area contributed by atoms with Crippen LogP contribution in [0.25, 0.3) is 6.08 Å². The molecule has 0 aliphatic rings. The number of ether oxygens (including phenoxy) is 2. The molecular formula is C27H43NO4. The molecule has 0 saturated carbocycles. The van der Waals surface area contributed by atoms with Gasteiger partial charge in [-0.2, -0.15) is 0 Å². The van der Waals surface area contributed by atoms with Crippen LogP contribution in [0.2, 0.25) is 0 Å². The molecule has 5 heteroatoms. The largest absolute Gasteiger partial charge is 0.462 e. The van der Waals surface area contributed by atoms with Crippen molar-refractivity contribution in [3.05, 3.63) is 61.7 Å². The number of carbonyl (C=O) groups is 2. The van der Waals surface area contributed by atoms with Crippen molar-refractivity contribution >= 4 is 18.0 Å². The molecule has 0 saturated heterocycles. The van der Waals surface area contributed by atoms with Gasteiger partial charge in [0.05, 0.1) is 18.6 Å². The van der Waals surface area contributed by atoms with Gasteiger partial charge in [-0.05, 0) is 31.6 Å². The third-order valence-corrected chi connectivity index (χ3v) is 4.23. The van der Waals surface area contributed by atoms with Crippen molar-refractivity contribution in [2.75, 3.05) is 6.61 Å².